The molecular formula is C4H10NO4P. The summed E-state index contributed by atoms with van der Waals surface area (Å²) in [7, 11) is -3.59. The summed E-state index contributed by atoms with van der Waals surface area (Å²) in [4.78, 5) is 8.64. The molecule has 0 saturated carbocycles. The maximum absolute atomic E-state index is 10.6. The van der Waals surface area contributed by atoms with Gasteiger partial charge in [0.05, 0.1) is 19.2 Å². The molecule has 1 unspecified atom stereocenters. The molecule has 0 radical (unpaired) electrons. The molecule has 10 heavy (non-hydrogen) atoms. The summed E-state index contributed by atoms with van der Waals surface area (Å²) < 4.78 is 14.9. The second kappa shape index (κ2) is 4.46. The van der Waals surface area contributed by atoms with Gasteiger partial charge in [-0.05, 0) is 6.08 Å². The Bertz CT molecular complexity index is 157. The normalized spacial score (nSPS) is 17.4. The van der Waals surface area contributed by atoms with Gasteiger partial charge >= 0.3 is 7.60 Å². The Kier molecular flexibility index (Phi) is 4.31. The lowest BCUT2D eigenvalue weighted by atomic mass is 10.7. The van der Waals surface area contributed by atoms with Gasteiger partial charge < -0.3 is 20.3 Å². The zero-order valence-corrected chi connectivity index (χ0v) is 6.20. The summed E-state index contributed by atoms with van der Waals surface area (Å²) >= 11 is 0. The highest BCUT2D eigenvalue weighted by Gasteiger charge is 2.14. The number of hydrogen-bond acceptors (Lipinski definition) is 4. The first-order chi connectivity index (χ1) is 4.62. The molecule has 1 atom stereocenters. The largest absolute Gasteiger partial charge is 0.516 e. The Labute approximate surface area is 58.6 Å². The van der Waals surface area contributed by atoms with Gasteiger partial charge in [-0.3, -0.25) is 4.57 Å². The number of aliphatic hydroxyl groups excluding tert-OH is 1. The molecule has 0 bridgehead atoms. The third kappa shape index (κ3) is 4.52. The van der Waals surface area contributed by atoms with Crippen LogP contribution < -0.4 is 5.73 Å². The van der Waals surface area contributed by atoms with Gasteiger partial charge in [0.15, 0.2) is 0 Å². The Hall–Kier alpha value is -0.350. The van der Waals surface area contributed by atoms with E-state index in [0.29, 0.717) is 0 Å². The van der Waals surface area contributed by atoms with Crippen LogP contribution in [-0.2, 0) is 9.09 Å². The number of aliphatic hydroxyl groups is 1. The van der Waals surface area contributed by atoms with Crippen molar-refractivity contribution < 1.29 is 19.1 Å². The molecule has 0 aromatic heterocycles. The molecular weight excluding hydrogens is 157 g/mol. The van der Waals surface area contributed by atoms with Crippen LogP contribution in [0.1, 0.15) is 0 Å². The van der Waals surface area contributed by atoms with E-state index in [1.165, 1.54) is 6.08 Å². The van der Waals surface area contributed by atoms with Crippen molar-refractivity contribution in [1.29, 1.82) is 0 Å². The summed E-state index contributed by atoms with van der Waals surface area (Å²) in [5.41, 5.74) is 4.86. The summed E-state index contributed by atoms with van der Waals surface area (Å²) in [6, 6.07) is 0. The van der Waals surface area contributed by atoms with Crippen LogP contribution in [0.5, 0.6) is 0 Å². The van der Waals surface area contributed by atoms with Crippen molar-refractivity contribution in [2.45, 2.75) is 0 Å². The molecule has 0 spiro atoms. The Morgan fingerprint density at radius 2 is 2.30 bits per heavy atom. The van der Waals surface area contributed by atoms with Crippen LogP contribution in [0.25, 0.3) is 0 Å². The summed E-state index contributed by atoms with van der Waals surface area (Å²) in [5.74, 6) is 0. The lowest BCUT2D eigenvalue weighted by Crippen LogP contribution is -2.03. The van der Waals surface area contributed by atoms with E-state index in [1.807, 2.05) is 0 Å². The van der Waals surface area contributed by atoms with Gasteiger partial charge in [-0.15, -0.1) is 0 Å². The first-order valence-electron chi connectivity index (χ1n) is 2.58. The monoisotopic (exact) mass is 167 g/mol. The molecule has 0 amide bonds. The molecule has 6 heteroatoms. The minimum atomic E-state index is -3.59. The van der Waals surface area contributed by atoms with Gasteiger partial charge in [-0.1, -0.05) is 0 Å². The average molecular weight is 167 g/mol. The highest BCUT2D eigenvalue weighted by atomic mass is 31.2. The molecule has 0 aromatic rings. The first kappa shape index (κ1) is 9.65. The molecule has 0 saturated heterocycles. The van der Waals surface area contributed by atoms with Crippen LogP contribution in [0.3, 0.4) is 0 Å². The van der Waals surface area contributed by atoms with Crippen molar-refractivity contribution in [3.05, 3.63) is 12.3 Å². The van der Waals surface area contributed by atoms with Crippen LogP contribution >= 0.6 is 7.60 Å². The molecule has 0 aliphatic carbocycles. The van der Waals surface area contributed by atoms with Crippen molar-refractivity contribution >= 4 is 7.60 Å². The summed E-state index contributed by atoms with van der Waals surface area (Å²) in [6.07, 6.45) is 1.52. The second-order valence-electron chi connectivity index (χ2n) is 1.50. The van der Waals surface area contributed by atoms with Gasteiger partial charge in [0, 0.05) is 0 Å². The predicted octanol–water partition coefficient (Wildman–Crippen LogP) is 0.176. The summed E-state index contributed by atoms with van der Waals surface area (Å²) in [5, 5.41) is 8.07. The van der Waals surface area contributed by atoms with Gasteiger partial charge in [0.2, 0.25) is 0 Å². The van der Waals surface area contributed by atoms with Crippen LogP contribution in [-0.4, -0.2) is 22.9 Å². The second-order valence-corrected chi connectivity index (χ2v) is 3.40. The van der Waals surface area contributed by atoms with E-state index in [2.05, 4.69) is 4.52 Å². The molecule has 0 fully saturated rings. The van der Waals surface area contributed by atoms with Crippen molar-refractivity contribution in [1.82, 2.24) is 0 Å². The van der Waals surface area contributed by atoms with E-state index in [0.717, 1.165) is 6.26 Å². The first-order valence-corrected chi connectivity index (χ1v) is 4.34. The predicted molar refractivity (Wildman–Crippen MR) is 36.6 cm³/mol. The van der Waals surface area contributed by atoms with Crippen molar-refractivity contribution in [3.8, 4) is 0 Å². The zero-order valence-electron chi connectivity index (χ0n) is 5.30. The summed E-state index contributed by atoms with van der Waals surface area (Å²) in [6.45, 7) is -0.110. The maximum atomic E-state index is 10.6. The highest BCUT2D eigenvalue weighted by Crippen LogP contribution is 2.38. The molecule has 0 rings (SSSR count). The van der Waals surface area contributed by atoms with E-state index in [-0.39, 0.29) is 6.61 Å². The van der Waals surface area contributed by atoms with Crippen molar-refractivity contribution in [2.75, 3.05) is 12.9 Å². The van der Waals surface area contributed by atoms with Gasteiger partial charge in [0.25, 0.3) is 0 Å². The molecule has 5 nitrogen and oxygen atoms in total. The highest BCUT2D eigenvalue weighted by molar-refractivity contribution is 7.52. The van der Waals surface area contributed by atoms with E-state index in [1.54, 1.807) is 0 Å². The van der Waals surface area contributed by atoms with E-state index in [4.69, 9.17) is 15.7 Å². The zero-order chi connectivity index (χ0) is 8.04. The minimum Gasteiger partial charge on any atom is -0.516 e. The number of nitrogens with two attached hydrogens (primary N) is 1. The molecule has 0 aliphatic heterocycles. The maximum Gasteiger partial charge on any atom is 0.341 e. The fourth-order valence-electron chi connectivity index (χ4n) is 0.255. The number of hydrogen-bond donors (Lipinski definition) is 3. The van der Waals surface area contributed by atoms with Crippen molar-refractivity contribution in [2.24, 2.45) is 5.73 Å². The van der Waals surface area contributed by atoms with Crippen molar-refractivity contribution in [3.63, 3.8) is 0 Å². The lowest BCUT2D eigenvalue weighted by Gasteiger charge is -2.05. The van der Waals surface area contributed by atoms with E-state index in [9.17, 15) is 4.57 Å². The van der Waals surface area contributed by atoms with Crippen LogP contribution in [0.2, 0.25) is 0 Å². The quantitative estimate of drug-likeness (QED) is 0.410. The molecule has 0 aromatic carbocycles. The Morgan fingerprint density at radius 1 is 1.70 bits per heavy atom. The number of rotatable bonds is 4. The van der Waals surface area contributed by atoms with Crippen LogP contribution in [0.15, 0.2) is 12.3 Å². The fourth-order valence-corrected chi connectivity index (χ4v) is 0.680. The van der Waals surface area contributed by atoms with Gasteiger partial charge in [0.1, 0.15) is 0 Å². The third-order valence-electron chi connectivity index (χ3n) is 0.709. The van der Waals surface area contributed by atoms with Crippen LogP contribution in [0.4, 0.5) is 0 Å². The Balaban J connectivity index is 3.57. The van der Waals surface area contributed by atoms with Gasteiger partial charge in [-0.25, -0.2) is 0 Å². The van der Waals surface area contributed by atoms with Gasteiger partial charge in [-0.2, -0.15) is 0 Å². The standard InChI is InChI=1S/C4H10NO4P/c5-4-10(7,8)9-3-1-2-6/h1-2,6H,3-5H2,(H,7,8). The smallest absolute Gasteiger partial charge is 0.341 e. The molecule has 60 valence electrons. The fraction of sp³-hybridized carbons (Fsp3) is 0.500. The third-order valence-corrected chi connectivity index (χ3v) is 1.72. The molecule has 0 aliphatic rings. The molecule has 4 N–H and O–H groups in total. The van der Waals surface area contributed by atoms with Crippen LogP contribution in [0, 0.1) is 0 Å². The lowest BCUT2D eigenvalue weighted by molar-refractivity contribution is 0.285. The molecule has 0 heterocycles. The topological polar surface area (TPSA) is 92.8 Å². The minimum absolute atomic E-state index is 0.110. The van der Waals surface area contributed by atoms with E-state index < -0.39 is 13.9 Å². The SMILES string of the molecule is NCP(=O)(O)OCC=CO. The Morgan fingerprint density at radius 3 is 2.70 bits per heavy atom. The van der Waals surface area contributed by atoms with E-state index >= 15 is 0 Å². The average Bonchev–Trinajstić information content (AvgIpc) is 1.89.